The van der Waals surface area contributed by atoms with Gasteiger partial charge in [-0.2, -0.15) is 9.97 Å². The van der Waals surface area contributed by atoms with E-state index in [9.17, 15) is 9.18 Å². The number of halogens is 1. The van der Waals surface area contributed by atoms with E-state index in [1.54, 1.807) is 0 Å². The molecule has 4 atom stereocenters. The lowest BCUT2D eigenvalue weighted by Crippen LogP contribution is -2.55. The highest BCUT2D eigenvalue weighted by Crippen LogP contribution is 2.46. The maximum Gasteiger partial charge on any atom is 0.318 e. The molecule has 1 aromatic heterocycles. The molecule has 0 bridgehead atoms. The zero-order valence-corrected chi connectivity index (χ0v) is 24.8. The number of likely N-dealkylation sites (tertiary alicyclic amines) is 1. The van der Waals surface area contributed by atoms with Gasteiger partial charge in [0.2, 0.25) is 5.91 Å². The number of rotatable bonds is 8. The molecular formula is C33H43FN6O2. The molecular weight excluding hydrogens is 531 g/mol. The molecule has 0 radical (unpaired) electrons. The van der Waals surface area contributed by atoms with Gasteiger partial charge in [-0.1, -0.05) is 30.8 Å². The Bertz CT molecular complexity index is 1340. The Labute approximate surface area is 248 Å². The van der Waals surface area contributed by atoms with E-state index in [0.717, 1.165) is 56.5 Å². The standard InChI is InChI=1S/C33H43FN6O2/c1-4-30(41)40-16-15-39(21-26(40)11-14-35-2)31-28-10-13-33(12-9-23-7-5-6-8-24(23)18-33)19-29(28)36-32(37-31)42-22-27-17-25(34)20-38(27)3/h4-8,25-27H,1-2,9-22H2,3H3. The third-order valence-electron chi connectivity index (χ3n) is 10.0. The number of carbonyl (C=O) groups is 1. The number of aryl methyl sites for hydroxylation is 1. The number of benzene rings is 1. The van der Waals surface area contributed by atoms with Crippen molar-refractivity contribution in [3.63, 3.8) is 0 Å². The van der Waals surface area contributed by atoms with E-state index >= 15 is 0 Å². The number of aliphatic imine (C=N–C) groups is 1. The predicted molar refractivity (Wildman–Crippen MR) is 163 cm³/mol. The first kappa shape index (κ1) is 28.8. The van der Waals surface area contributed by atoms with Gasteiger partial charge in [-0.05, 0) is 87.7 Å². The van der Waals surface area contributed by atoms with Gasteiger partial charge in [0.25, 0.3) is 0 Å². The summed E-state index contributed by atoms with van der Waals surface area (Å²) >= 11 is 0. The number of amides is 1. The summed E-state index contributed by atoms with van der Waals surface area (Å²) in [6.45, 7) is 10.7. The number of piperazine rings is 1. The van der Waals surface area contributed by atoms with Crippen LogP contribution in [0.5, 0.6) is 6.01 Å². The van der Waals surface area contributed by atoms with Crippen LogP contribution in [0.2, 0.25) is 0 Å². The van der Waals surface area contributed by atoms with Crippen molar-refractivity contribution in [2.45, 2.75) is 69.6 Å². The third kappa shape index (κ3) is 5.80. The van der Waals surface area contributed by atoms with Crippen LogP contribution >= 0.6 is 0 Å². The van der Waals surface area contributed by atoms with Gasteiger partial charge in [0.1, 0.15) is 18.6 Å². The van der Waals surface area contributed by atoms with Crippen LogP contribution in [0.15, 0.2) is 41.9 Å². The Morgan fingerprint density at radius 2 is 1.95 bits per heavy atom. The quantitative estimate of drug-likeness (QED) is 0.352. The second-order valence-corrected chi connectivity index (χ2v) is 12.7. The lowest BCUT2D eigenvalue weighted by Gasteiger charge is -2.44. The van der Waals surface area contributed by atoms with Gasteiger partial charge in [0.05, 0.1) is 11.7 Å². The Morgan fingerprint density at radius 3 is 2.71 bits per heavy atom. The zero-order valence-electron chi connectivity index (χ0n) is 24.8. The van der Waals surface area contributed by atoms with Crippen LogP contribution in [0.25, 0.3) is 0 Å². The minimum atomic E-state index is -0.825. The van der Waals surface area contributed by atoms with Gasteiger partial charge in [0, 0.05) is 44.3 Å². The highest BCUT2D eigenvalue weighted by molar-refractivity contribution is 5.87. The molecule has 2 aliphatic carbocycles. The summed E-state index contributed by atoms with van der Waals surface area (Å²) in [7, 11) is 1.94. The minimum absolute atomic E-state index is 0.00788. The van der Waals surface area contributed by atoms with E-state index in [1.807, 2.05) is 16.8 Å². The Morgan fingerprint density at radius 1 is 1.14 bits per heavy atom. The van der Waals surface area contributed by atoms with E-state index in [2.05, 4.69) is 47.5 Å². The molecule has 1 aromatic carbocycles. The van der Waals surface area contributed by atoms with Crippen molar-refractivity contribution in [1.82, 2.24) is 19.8 Å². The van der Waals surface area contributed by atoms with Gasteiger partial charge in [-0.3, -0.25) is 9.69 Å². The van der Waals surface area contributed by atoms with Crippen LogP contribution in [0.3, 0.4) is 0 Å². The largest absolute Gasteiger partial charge is 0.462 e. The molecule has 2 aromatic rings. The molecule has 2 saturated heterocycles. The molecule has 9 heteroatoms. The second-order valence-electron chi connectivity index (χ2n) is 12.7. The van der Waals surface area contributed by atoms with Gasteiger partial charge >= 0.3 is 6.01 Å². The molecule has 42 heavy (non-hydrogen) atoms. The number of alkyl halides is 1. The van der Waals surface area contributed by atoms with Crippen LogP contribution in [-0.2, 0) is 30.5 Å². The van der Waals surface area contributed by atoms with Crippen LogP contribution < -0.4 is 9.64 Å². The fraction of sp³-hybridized carbons (Fsp3) is 0.576. The minimum Gasteiger partial charge on any atom is -0.462 e. The summed E-state index contributed by atoms with van der Waals surface area (Å²) in [6.07, 6.45) is 8.03. The zero-order chi connectivity index (χ0) is 29.3. The second kappa shape index (κ2) is 12.1. The van der Waals surface area contributed by atoms with Crippen molar-refractivity contribution in [2.24, 2.45) is 10.4 Å². The third-order valence-corrected chi connectivity index (χ3v) is 10.0. The molecule has 0 N–H and O–H groups in total. The van der Waals surface area contributed by atoms with Gasteiger partial charge < -0.3 is 19.5 Å². The van der Waals surface area contributed by atoms with E-state index in [1.165, 1.54) is 22.8 Å². The molecule has 2 fully saturated rings. The summed E-state index contributed by atoms with van der Waals surface area (Å²) in [5, 5.41) is 0. The fourth-order valence-corrected chi connectivity index (χ4v) is 7.61. The predicted octanol–water partition coefficient (Wildman–Crippen LogP) is 3.86. The molecule has 3 heterocycles. The number of nitrogens with zero attached hydrogens (tertiary/aromatic N) is 6. The summed E-state index contributed by atoms with van der Waals surface area (Å²) in [5.74, 6) is 0.871. The van der Waals surface area contributed by atoms with Crippen molar-refractivity contribution in [1.29, 1.82) is 0 Å². The van der Waals surface area contributed by atoms with Crippen LogP contribution in [-0.4, -0.2) is 97.0 Å². The number of carbonyl (C=O) groups excluding carboxylic acids is 1. The fourth-order valence-electron chi connectivity index (χ4n) is 7.61. The number of likely N-dealkylation sites (N-methyl/N-ethyl adjacent to an activating group) is 1. The topological polar surface area (TPSA) is 74.2 Å². The lowest BCUT2D eigenvalue weighted by atomic mass is 9.63. The SMILES string of the molecule is C=CC(=O)N1CCN(c2nc(OCC3CC(F)CN3C)nc3c2CCC2(CCc4ccccc4C2)C3)CC1CCN=C. The number of anilines is 1. The number of fused-ring (bicyclic) bond motifs is 2. The summed E-state index contributed by atoms with van der Waals surface area (Å²) in [4.78, 5) is 33.0. The molecule has 4 aliphatic rings. The molecule has 1 amide bonds. The lowest BCUT2D eigenvalue weighted by molar-refractivity contribution is -0.128. The first-order valence-corrected chi connectivity index (χ1v) is 15.4. The highest BCUT2D eigenvalue weighted by atomic mass is 19.1. The molecule has 224 valence electrons. The average Bonchev–Trinajstić information content (AvgIpc) is 3.33. The maximum absolute atomic E-state index is 14.0. The highest BCUT2D eigenvalue weighted by Gasteiger charge is 2.41. The first-order valence-electron chi connectivity index (χ1n) is 15.4. The summed E-state index contributed by atoms with van der Waals surface area (Å²) in [5.41, 5.74) is 5.41. The molecule has 4 unspecified atom stereocenters. The van der Waals surface area contributed by atoms with E-state index in [4.69, 9.17) is 14.7 Å². The Hall–Kier alpha value is -3.33. The van der Waals surface area contributed by atoms with Gasteiger partial charge in [-0.15, -0.1) is 0 Å². The van der Waals surface area contributed by atoms with Crippen molar-refractivity contribution in [3.8, 4) is 6.01 Å². The molecule has 2 aliphatic heterocycles. The number of aromatic nitrogens is 2. The van der Waals surface area contributed by atoms with E-state index < -0.39 is 6.17 Å². The smallest absolute Gasteiger partial charge is 0.318 e. The monoisotopic (exact) mass is 574 g/mol. The maximum atomic E-state index is 14.0. The van der Waals surface area contributed by atoms with Crippen LogP contribution in [0, 0.1) is 5.41 Å². The first-order chi connectivity index (χ1) is 20.4. The van der Waals surface area contributed by atoms with E-state index in [0.29, 0.717) is 51.8 Å². The molecule has 8 nitrogen and oxygen atoms in total. The number of hydrogen-bond donors (Lipinski definition) is 0. The molecule has 0 saturated carbocycles. The van der Waals surface area contributed by atoms with Crippen molar-refractivity contribution < 1.29 is 13.9 Å². The normalized spacial score (nSPS) is 27.4. The van der Waals surface area contributed by atoms with Crippen molar-refractivity contribution in [3.05, 3.63) is 59.3 Å². The average molecular weight is 575 g/mol. The van der Waals surface area contributed by atoms with Crippen molar-refractivity contribution in [2.75, 3.05) is 51.3 Å². The van der Waals surface area contributed by atoms with Gasteiger partial charge in [0.15, 0.2) is 0 Å². The van der Waals surface area contributed by atoms with Gasteiger partial charge in [-0.25, -0.2) is 4.39 Å². The summed E-state index contributed by atoms with van der Waals surface area (Å²) < 4.78 is 20.3. The summed E-state index contributed by atoms with van der Waals surface area (Å²) in [6, 6.07) is 9.21. The molecule has 1 spiro atoms. The van der Waals surface area contributed by atoms with Crippen LogP contribution in [0.1, 0.15) is 48.1 Å². The Balaban J connectivity index is 1.30. The number of hydrogen-bond acceptors (Lipinski definition) is 7. The molecule has 6 rings (SSSR count). The Kier molecular flexibility index (Phi) is 8.30. The van der Waals surface area contributed by atoms with Crippen molar-refractivity contribution >= 4 is 18.4 Å². The van der Waals surface area contributed by atoms with E-state index in [-0.39, 0.29) is 23.4 Å². The number of ether oxygens (including phenoxy) is 1. The van der Waals surface area contributed by atoms with Crippen LogP contribution in [0.4, 0.5) is 10.2 Å².